The van der Waals surface area contributed by atoms with E-state index in [4.69, 9.17) is 4.42 Å². The van der Waals surface area contributed by atoms with Crippen molar-refractivity contribution in [2.24, 2.45) is 0 Å². The van der Waals surface area contributed by atoms with Crippen LogP contribution in [0.4, 0.5) is 17.1 Å². The van der Waals surface area contributed by atoms with Gasteiger partial charge in [-0.3, -0.25) is 0 Å². The molecule has 0 amide bonds. The molecule has 0 bridgehead atoms. The van der Waals surface area contributed by atoms with Crippen molar-refractivity contribution in [2.75, 3.05) is 4.90 Å². The van der Waals surface area contributed by atoms with Gasteiger partial charge in [0.2, 0.25) is 0 Å². The summed E-state index contributed by atoms with van der Waals surface area (Å²) < 4.78 is 6.90. The van der Waals surface area contributed by atoms with Gasteiger partial charge in [0.1, 0.15) is 11.2 Å². The van der Waals surface area contributed by atoms with E-state index in [9.17, 15) is 0 Å². The summed E-state index contributed by atoms with van der Waals surface area (Å²) in [4.78, 5) is 2.43. The average molecular weight is 760 g/mol. The Morgan fingerprint density at radius 1 is 0.407 bits per heavy atom. The van der Waals surface area contributed by atoms with Gasteiger partial charge in [-0.05, 0) is 121 Å². The minimum atomic E-state index is 0.0971. The second-order valence-corrected chi connectivity index (χ2v) is 17.6. The Bertz CT molecular complexity index is 3260. The summed E-state index contributed by atoms with van der Waals surface area (Å²) in [6.07, 6.45) is 1.13. The van der Waals surface area contributed by atoms with Crippen LogP contribution in [0.3, 0.4) is 0 Å². The van der Waals surface area contributed by atoms with E-state index in [1.54, 1.807) is 0 Å². The van der Waals surface area contributed by atoms with Gasteiger partial charge >= 0.3 is 0 Å². The summed E-state index contributed by atoms with van der Waals surface area (Å²) in [6, 6.07) is 68.7. The highest BCUT2D eigenvalue weighted by atomic mass is 16.3. The fraction of sp³-hybridized carbons (Fsp3) is 0.123. The number of para-hydroxylation sites is 2. The van der Waals surface area contributed by atoms with Crippen molar-refractivity contribution in [3.63, 3.8) is 0 Å². The molecule has 0 fully saturated rings. The maximum Gasteiger partial charge on any atom is 0.143 e. The monoisotopic (exact) mass is 759 g/mol. The van der Waals surface area contributed by atoms with Crippen molar-refractivity contribution in [1.82, 2.24) is 0 Å². The summed E-state index contributed by atoms with van der Waals surface area (Å²) in [5.41, 5.74) is 15.1. The molecule has 1 heterocycles. The highest BCUT2D eigenvalue weighted by molar-refractivity contribution is 6.15. The maximum atomic E-state index is 6.90. The van der Waals surface area contributed by atoms with Crippen LogP contribution >= 0.6 is 0 Å². The lowest BCUT2D eigenvalue weighted by atomic mass is 9.82. The number of anilines is 3. The molecule has 0 aliphatic heterocycles. The summed E-state index contributed by atoms with van der Waals surface area (Å²) >= 11 is 0. The number of nitrogens with zero attached hydrogens (tertiary/aromatic N) is 1. The minimum Gasteiger partial charge on any atom is -0.455 e. The van der Waals surface area contributed by atoms with Gasteiger partial charge in [0.15, 0.2) is 0 Å². The van der Waals surface area contributed by atoms with Gasteiger partial charge in [0.05, 0.1) is 5.69 Å². The highest BCUT2D eigenvalue weighted by Crippen LogP contribution is 2.52. The predicted octanol–water partition coefficient (Wildman–Crippen LogP) is 16.3. The molecule has 1 aliphatic rings. The number of benzene rings is 9. The first kappa shape index (κ1) is 35.3. The lowest BCUT2D eigenvalue weighted by Crippen LogP contribution is -2.17. The van der Waals surface area contributed by atoms with Crippen molar-refractivity contribution in [3.05, 3.63) is 199 Å². The summed E-state index contributed by atoms with van der Waals surface area (Å²) in [5.74, 6) is 0. The first-order chi connectivity index (χ1) is 28.7. The van der Waals surface area contributed by atoms with Crippen molar-refractivity contribution in [2.45, 2.75) is 44.9 Å². The number of furan rings is 1. The van der Waals surface area contributed by atoms with Gasteiger partial charge in [-0.25, -0.2) is 0 Å². The van der Waals surface area contributed by atoms with E-state index in [-0.39, 0.29) is 10.8 Å². The van der Waals surface area contributed by atoms with E-state index in [2.05, 4.69) is 221 Å². The molecule has 10 aromatic rings. The Balaban J connectivity index is 1.12. The molecule has 11 rings (SSSR count). The van der Waals surface area contributed by atoms with Crippen LogP contribution < -0.4 is 4.90 Å². The van der Waals surface area contributed by atoms with Gasteiger partial charge in [0, 0.05) is 33.3 Å². The zero-order chi connectivity index (χ0) is 39.9. The highest BCUT2D eigenvalue weighted by Gasteiger charge is 2.42. The number of fused-ring (bicyclic) bond motifs is 7. The van der Waals surface area contributed by atoms with Gasteiger partial charge in [-0.1, -0.05) is 167 Å². The van der Waals surface area contributed by atoms with Crippen molar-refractivity contribution >= 4 is 60.5 Å². The normalized spacial score (nSPS) is 14.3. The van der Waals surface area contributed by atoms with Crippen LogP contribution in [0.25, 0.3) is 76.9 Å². The Labute approximate surface area is 346 Å². The standard InChI is InChI=1S/C57H45NO/c1-56(2)36-57(3,4)52-35-54-50(34-51(52)56)48-29-16-28-44(55(48)59-54)39-21-15-23-42(32-39)58(41-22-14-20-38(31-41)37-17-6-5-7-18-37)53-30-13-12-27-47(53)49-33-40-19-8-9-24-43(40)45-25-10-11-26-46(45)49/h5-35H,36H2,1-4H3. The minimum absolute atomic E-state index is 0.0971. The van der Waals surface area contributed by atoms with Gasteiger partial charge < -0.3 is 9.32 Å². The molecule has 0 saturated heterocycles. The molecule has 1 aliphatic carbocycles. The topological polar surface area (TPSA) is 16.4 Å². The molecule has 0 N–H and O–H groups in total. The molecule has 0 atom stereocenters. The molecule has 1 aromatic heterocycles. The Morgan fingerprint density at radius 3 is 1.78 bits per heavy atom. The van der Waals surface area contributed by atoms with Crippen molar-refractivity contribution in [1.29, 1.82) is 0 Å². The van der Waals surface area contributed by atoms with Crippen LogP contribution in [0.1, 0.15) is 45.2 Å². The van der Waals surface area contributed by atoms with Crippen molar-refractivity contribution < 1.29 is 4.42 Å². The number of hydrogen-bond donors (Lipinski definition) is 0. The molecule has 0 radical (unpaired) electrons. The SMILES string of the molecule is CC1(C)CC(C)(C)c2cc3c(cc21)oc1c(-c2cccc(N(c4cccc(-c5ccccc5)c4)c4ccccc4-c4cc5ccccc5c5ccccc45)c2)cccc13. The molecule has 284 valence electrons. The molecule has 2 nitrogen and oxygen atoms in total. The number of rotatable bonds is 6. The van der Waals surface area contributed by atoms with Crippen LogP contribution in [0.5, 0.6) is 0 Å². The van der Waals surface area contributed by atoms with E-state index in [1.165, 1.54) is 60.3 Å². The lowest BCUT2D eigenvalue weighted by Gasteiger charge is -2.29. The zero-order valence-electron chi connectivity index (χ0n) is 34.0. The summed E-state index contributed by atoms with van der Waals surface area (Å²) in [6.45, 7) is 9.50. The predicted molar refractivity (Wildman–Crippen MR) is 250 cm³/mol. The molecule has 0 unspecified atom stereocenters. The Hall–Kier alpha value is -6.90. The third-order valence-corrected chi connectivity index (χ3v) is 12.8. The summed E-state index contributed by atoms with van der Waals surface area (Å²) in [5, 5.41) is 7.34. The third kappa shape index (κ3) is 5.77. The van der Waals surface area contributed by atoms with Crippen LogP contribution in [0, 0.1) is 0 Å². The van der Waals surface area contributed by atoms with E-state index in [1.807, 2.05) is 0 Å². The van der Waals surface area contributed by atoms with Gasteiger partial charge in [-0.15, -0.1) is 0 Å². The van der Waals surface area contributed by atoms with Crippen molar-refractivity contribution in [3.8, 4) is 33.4 Å². The second kappa shape index (κ2) is 13.3. The molecule has 2 heteroatoms. The van der Waals surface area contributed by atoms with E-state index < -0.39 is 0 Å². The fourth-order valence-corrected chi connectivity index (χ4v) is 10.4. The van der Waals surface area contributed by atoms with Crippen LogP contribution in [0.2, 0.25) is 0 Å². The van der Waals surface area contributed by atoms with Gasteiger partial charge in [0.25, 0.3) is 0 Å². The third-order valence-electron chi connectivity index (χ3n) is 12.8. The lowest BCUT2D eigenvalue weighted by molar-refractivity contribution is 0.403. The molecule has 9 aromatic carbocycles. The Kier molecular flexibility index (Phi) is 7.97. The first-order valence-corrected chi connectivity index (χ1v) is 20.8. The maximum absolute atomic E-state index is 6.90. The zero-order valence-corrected chi connectivity index (χ0v) is 34.0. The van der Waals surface area contributed by atoms with E-state index in [0.717, 1.165) is 51.2 Å². The molecular formula is C57H45NO. The van der Waals surface area contributed by atoms with Crippen LogP contribution in [-0.4, -0.2) is 0 Å². The van der Waals surface area contributed by atoms with Gasteiger partial charge in [-0.2, -0.15) is 0 Å². The number of hydrogen-bond acceptors (Lipinski definition) is 2. The molecule has 59 heavy (non-hydrogen) atoms. The summed E-state index contributed by atoms with van der Waals surface area (Å²) in [7, 11) is 0. The van der Waals surface area contributed by atoms with Crippen LogP contribution in [0.15, 0.2) is 192 Å². The smallest absolute Gasteiger partial charge is 0.143 e. The van der Waals surface area contributed by atoms with E-state index >= 15 is 0 Å². The van der Waals surface area contributed by atoms with Crippen LogP contribution in [-0.2, 0) is 10.8 Å². The fourth-order valence-electron chi connectivity index (χ4n) is 10.4. The largest absolute Gasteiger partial charge is 0.455 e. The average Bonchev–Trinajstić information content (AvgIpc) is 3.73. The van der Waals surface area contributed by atoms with E-state index in [0.29, 0.717) is 0 Å². The first-order valence-electron chi connectivity index (χ1n) is 20.8. The molecular weight excluding hydrogens is 715 g/mol. The molecule has 0 saturated carbocycles. The quantitative estimate of drug-likeness (QED) is 0.157. The molecule has 0 spiro atoms. The Morgan fingerprint density at radius 2 is 0.983 bits per heavy atom. The second-order valence-electron chi connectivity index (χ2n) is 17.6.